The van der Waals surface area contributed by atoms with Crippen LogP contribution in [0.4, 0.5) is 0 Å². The molecule has 0 fully saturated rings. The van der Waals surface area contributed by atoms with E-state index in [1.165, 1.54) is 6.26 Å². The van der Waals surface area contributed by atoms with Crippen LogP contribution < -0.4 is 5.32 Å². The van der Waals surface area contributed by atoms with Gasteiger partial charge in [-0.1, -0.05) is 17.7 Å². The summed E-state index contributed by atoms with van der Waals surface area (Å²) in [5.74, 6) is 0.397. The maximum atomic E-state index is 12.2. The van der Waals surface area contributed by atoms with Gasteiger partial charge in [-0.05, 0) is 44.5 Å². The van der Waals surface area contributed by atoms with E-state index in [0.29, 0.717) is 17.7 Å². The largest absolute Gasteiger partial charge is 0.467 e. The molecule has 0 radical (unpaired) electrons. The van der Waals surface area contributed by atoms with Gasteiger partial charge < -0.3 is 14.8 Å². The standard InChI is InChI=1S/C17H21NO3/c1-11-6-7-14(12(2)9-11)17(20)18-13(3)10-15(19)16-5-4-8-21-16/h4-9,13,15,19H,10H2,1-3H3,(H,18,20). The van der Waals surface area contributed by atoms with Crippen LogP contribution in [0, 0.1) is 13.8 Å². The number of hydrogen-bond donors (Lipinski definition) is 2. The van der Waals surface area contributed by atoms with Gasteiger partial charge in [0.1, 0.15) is 11.9 Å². The van der Waals surface area contributed by atoms with Crippen molar-refractivity contribution >= 4 is 5.91 Å². The van der Waals surface area contributed by atoms with Crippen molar-refractivity contribution in [3.05, 3.63) is 59.0 Å². The quantitative estimate of drug-likeness (QED) is 0.888. The summed E-state index contributed by atoms with van der Waals surface area (Å²) < 4.78 is 5.16. The van der Waals surface area contributed by atoms with Gasteiger partial charge in [0.2, 0.25) is 0 Å². The highest BCUT2D eigenvalue weighted by Crippen LogP contribution is 2.19. The van der Waals surface area contributed by atoms with E-state index < -0.39 is 6.10 Å². The van der Waals surface area contributed by atoms with Gasteiger partial charge in [0.15, 0.2) is 0 Å². The number of amides is 1. The van der Waals surface area contributed by atoms with Crippen molar-refractivity contribution in [3.63, 3.8) is 0 Å². The zero-order chi connectivity index (χ0) is 15.4. The lowest BCUT2D eigenvalue weighted by Gasteiger charge is -2.17. The fourth-order valence-electron chi connectivity index (χ4n) is 2.36. The Hall–Kier alpha value is -2.07. The molecule has 0 spiro atoms. The summed E-state index contributed by atoms with van der Waals surface area (Å²) in [7, 11) is 0. The lowest BCUT2D eigenvalue weighted by molar-refractivity contribution is 0.0902. The van der Waals surface area contributed by atoms with Gasteiger partial charge in [-0.2, -0.15) is 0 Å². The number of benzene rings is 1. The van der Waals surface area contributed by atoms with E-state index in [9.17, 15) is 9.90 Å². The molecule has 0 saturated carbocycles. The van der Waals surface area contributed by atoms with Crippen molar-refractivity contribution in [2.45, 2.75) is 39.3 Å². The second-order valence-corrected chi connectivity index (χ2v) is 5.46. The molecule has 2 rings (SSSR count). The highest BCUT2D eigenvalue weighted by Gasteiger charge is 2.17. The molecule has 0 aliphatic carbocycles. The summed E-state index contributed by atoms with van der Waals surface area (Å²) in [6.45, 7) is 5.79. The summed E-state index contributed by atoms with van der Waals surface area (Å²) in [5, 5.41) is 12.9. The molecular weight excluding hydrogens is 266 g/mol. The molecule has 2 atom stereocenters. The van der Waals surface area contributed by atoms with E-state index in [2.05, 4.69) is 5.32 Å². The van der Waals surface area contributed by atoms with Crippen LogP contribution >= 0.6 is 0 Å². The first kappa shape index (κ1) is 15.3. The Morgan fingerprint density at radius 1 is 1.33 bits per heavy atom. The number of aryl methyl sites for hydroxylation is 2. The second kappa shape index (κ2) is 6.59. The average Bonchev–Trinajstić information content (AvgIpc) is 2.91. The molecule has 4 nitrogen and oxygen atoms in total. The van der Waals surface area contributed by atoms with Crippen LogP contribution in [0.5, 0.6) is 0 Å². The van der Waals surface area contributed by atoms with Gasteiger partial charge in [0, 0.05) is 18.0 Å². The van der Waals surface area contributed by atoms with Crippen LogP contribution in [0.15, 0.2) is 41.0 Å². The monoisotopic (exact) mass is 287 g/mol. The number of nitrogens with one attached hydrogen (secondary N) is 1. The first-order chi connectivity index (χ1) is 9.97. The molecule has 21 heavy (non-hydrogen) atoms. The van der Waals surface area contributed by atoms with Crippen molar-refractivity contribution in [2.24, 2.45) is 0 Å². The third kappa shape index (κ3) is 3.95. The average molecular weight is 287 g/mol. The zero-order valence-corrected chi connectivity index (χ0v) is 12.6. The number of rotatable bonds is 5. The number of carbonyl (C=O) groups excluding carboxylic acids is 1. The van der Waals surface area contributed by atoms with Crippen molar-refractivity contribution in [2.75, 3.05) is 0 Å². The molecule has 4 heteroatoms. The predicted molar refractivity (Wildman–Crippen MR) is 81.1 cm³/mol. The van der Waals surface area contributed by atoms with Gasteiger partial charge >= 0.3 is 0 Å². The minimum absolute atomic E-state index is 0.119. The van der Waals surface area contributed by atoms with Crippen LogP contribution in [0.1, 0.15) is 46.7 Å². The first-order valence-electron chi connectivity index (χ1n) is 7.07. The summed E-state index contributed by atoms with van der Waals surface area (Å²) in [4.78, 5) is 12.2. The van der Waals surface area contributed by atoms with Crippen LogP contribution in [0.3, 0.4) is 0 Å². The minimum atomic E-state index is -0.714. The van der Waals surface area contributed by atoms with Crippen LogP contribution in [-0.2, 0) is 0 Å². The lowest BCUT2D eigenvalue weighted by Crippen LogP contribution is -2.34. The molecule has 2 unspecified atom stereocenters. The normalized spacial score (nSPS) is 13.7. The van der Waals surface area contributed by atoms with Crippen molar-refractivity contribution < 1.29 is 14.3 Å². The van der Waals surface area contributed by atoms with E-state index in [0.717, 1.165) is 11.1 Å². The smallest absolute Gasteiger partial charge is 0.251 e. The number of furan rings is 1. The Bertz CT molecular complexity index is 605. The second-order valence-electron chi connectivity index (χ2n) is 5.46. The molecule has 0 aliphatic rings. The molecule has 2 N–H and O–H groups in total. The van der Waals surface area contributed by atoms with Crippen LogP contribution in [0.25, 0.3) is 0 Å². The molecule has 0 aliphatic heterocycles. The zero-order valence-electron chi connectivity index (χ0n) is 12.6. The molecule has 112 valence electrons. The summed E-state index contributed by atoms with van der Waals surface area (Å²) in [6.07, 6.45) is 1.22. The Morgan fingerprint density at radius 2 is 2.10 bits per heavy atom. The number of aliphatic hydroxyl groups is 1. The Labute approximate surface area is 124 Å². The van der Waals surface area contributed by atoms with Gasteiger partial charge in [0.05, 0.1) is 6.26 Å². The van der Waals surface area contributed by atoms with E-state index in [1.807, 2.05) is 39.0 Å². The Kier molecular flexibility index (Phi) is 4.81. The maximum Gasteiger partial charge on any atom is 0.251 e. The summed E-state index contributed by atoms with van der Waals surface area (Å²) in [5.41, 5.74) is 2.75. The molecule has 1 aromatic heterocycles. The molecule has 0 bridgehead atoms. The third-order valence-electron chi connectivity index (χ3n) is 3.45. The minimum Gasteiger partial charge on any atom is -0.467 e. The fraction of sp³-hybridized carbons (Fsp3) is 0.353. The maximum absolute atomic E-state index is 12.2. The van der Waals surface area contributed by atoms with Gasteiger partial charge in [-0.3, -0.25) is 4.79 Å². The molecular formula is C17H21NO3. The Balaban J connectivity index is 1.96. The van der Waals surface area contributed by atoms with E-state index >= 15 is 0 Å². The molecule has 2 aromatic rings. The molecule has 1 aromatic carbocycles. The van der Waals surface area contributed by atoms with Crippen molar-refractivity contribution in [3.8, 4) is 0 Å². The van der Waals surface area contributed by atoms with Crippen molar-refractivity contribution in [1.29, 1.82) is 0 Å². The SMILES string of the molecule is Cc1ccc(C(=O)NC(C)CC(O)c2ccco2)c(C)c1. The van der Waals surface area contributed by atoms with E-state index in [4.69, 9.17) is 4.42 Å². The molecule has 1 heterocycles. The number of carbonyl (C=O) groups is 1. The predicted octanol–water partition coefficient (Wildman–Crippen LogP) is 3.14. The lowest BCUT2D eigenvalue weighted by atomic mass is 10.0. The number of aliphatic hydroxyl groups excluding tert-OH is 1. The highest BCUT2D eigenvalue weighted by molar-refractivity contribution is 5.95. The fourth-order valence-corrected chi connectivity index (χ4v) is 2.36. The molecule has 1 amide bonds. The van der Waals surface area contributed by atoms with Gasteiger partial charge in [-0.15, -0.1) is 0 Å². The third-order valence-corrected chi connectivity index (χ3v) is 3.45. The van der Waals surface area contributed by atoms with Crippen LogP contribution in [-0.4, -0.2) is 17.1 Å². The topological polar surface area (TPSA) is 62.5 Å². The van der Waals surface area contributed by atoms with Gasteiger partial charge in [-0.25, -0.2) is 0 Å². The molecule has 0 saturated heterocycles. The van der Waals surface area contributed by atoms with Crippen LogP contribution in [0.2, 0.25) is 0 Å². The van der Waals surface area contributed by atoms with Crippen molar-refractivity contribution in [1.82, 2.24) is 5.32 Å². The highest BCUT2D eigenvalue weighted by atomic mass is 16.4. The summed E-state index contributed by atoms with van der Waals surface area (Å²) in [6, 6.07) is 9.04. The summed E-state index contributed by atoms with van der Waals surface area (Å²) >= 11 is 0. The van der Waals surface area contributed by atoms with E-state index in [-0.39, 0.29) is 11.9 Å². The van der Waals surface area contributed by atoms with Gasteiger partial charge in [0.25, 0.3) is 5.91 Å². The number of hydrogen-bond acceptors (Lipinski definition) is 3. The Morgan fingerprint density at radius 3 is 2.71 bits per heavy atom. The van der Waals surface area contributed by atoms with E-state index in [1.54, 1.807) is 12.1 Å². The first-order valence-corrected chi connectivity index (χ1v) is 7.07.